The van der Waals surface area contributed by atoms with E-state index in [4.69, 9.17) is 5.11 Å². The molecule has 7 heteroatoms. The Balaban J connectivity index is 3.91. The summed E-state index contributed by atoms with van der Waals surface area (Å²) in [6.07, 6.45) is -6.27. The Morgan fingerprint density at radius 3 is 2.44 bits per heavy atom. The fourth-order valence-corrected chi connectivity index (χ4v) is 1.02. The van der Waals surface area contributed by atoms with Crippen LogP contribution in [0.5, 0.6) is 0 Å². The Morgan fingerprint density at radius 1 is 1.50 bits per heavy atom. The summed E-state index contributed by atoms with van der Waals surface area (Å²) >= 11 is 0. The van der Waals surface area contributed by atoms with Crippen molar-refractivity contribution in [2.24, 2.45) is 0 Å². The minimum absolute atomic E-state index is 0.00356. The Kier molecular flexibility index (Phi) is 6.35. The molecule has 0 aliphatic carbocycles. The summed E-state index contributed by atoms with van der Waals surface area (Å²) in [5.41, 5.74) is 0. The lowest BCUT2D eigenvalue weighted by atomic mass is 10.2. The minimum Gasteiger partial charge on any atom is -0.480 e. The van der Waals surface area contributed by atoms with E-state index in [9.17, 15) is 18.0 Å². The molecule has 0 amide bonds. The van der Waals surface area contributed by atoms with Crippen molar-refractivity contribution in [2.45, 2.75) is 38.6 Å². The lowest BCUT2D eigenvalue weighted by Gasteiger charge is -2.18. The SMILES string of the molecule is CCNC(CCOC(C)C(F)(F)F)C(=O)O. The van der Waals surface area contributed by atoms with Gasteiger partial charge in [0.15, 0.2) is 6.10 Å². The van der Waals surface area contributed by atoms with Crippen molar-refractivity contribution >= 4 is 5.97 Å². The summed E-state index contributed by atoms with van der Waals surface area (Å²) in [6.45, 7) is 2.80. The molecule has 0 saturated heterocycles. The molecule has 0 bridgehead atoms. The number of hydrogen-bond donors (Lipinski definition) is 2. The largest absolute Gasteiger partial charge is 0.480 e. The van der Waals surface area contributed by atoms with Gasteiger partial charge in [-0.3, -0.25) is 4.79 Å². The average molecular weight is 243 g/mol. The zero-order valence-electron chi connectivity index (χ0n) is 9.17. The second-order valence-electron chi connectivity index (χ2n) is 3.29. The smallest absolute Gasteiger partial charge is 0.414 e. The van der Waals surface area contributed by atoms with Crippen molar-refractivity contribution in [3.63, 3.8) is 0 Å². The molecule has 0 radical (unpaired) electrons. The molecule has 0 spiro atoms. The monoisotopic (exact) mass is 243 g/mol. The number of alkyl halides is 3. The van der Waals surface area contributed by atoms with Crippen LogP contribution in [-0.2, 0) is 9.53 Å². The number of hydrogen-bond acceptors (Lipinski definition) is 3. The highest BCUT2D eigenvalue weighted by Crippen LogP contribution is 2.22. The van der Waals surface area contributed by atoms with Crippen LogP contribution in [0.15, 0.2) is 0 Å². The number of aliphatic carboxylic acids is 1. The maximum atomic E-state index is 12.0. The molecule has 2 N–H and O–H groups in total. The first-order valence-electron chi connectivity index (χ1n) is 4.93. The average Bonchev–Trinajstić information content (AvgIpc) is 2.14. The third kappa shape index (κ3) is 5.92. The standard InChI is InChI=1S/C9H16F3NO3/c1-3-13-7(8(14)15)4-5-16-6(2)9(10,11)12/h6-7,13H,3-5H2,1-2H3,(H,14,15). The Hall–Kier alpha value is -0.820. The summed E-state index contributed by atoms with van der Waals surface area (Å²) in [5.74, 6) is -1.09. The van der Waals surface area contributed by atoms with E-state index in [1.54, 1.807) is 6.92 Å². The van der Waals surface area contributed by atoms with Crippen LogP contribution in [0.2, 0.25) is 0 Å². The highest BCUT2D eigenvalue weighted by atomic mass is 19.4. The summed E-state index contributed by atoms with van der Waals surface area (Å²) < 4.78 is 40.6. The van der Waals surface area contributed by atoms with Crippen molar-refractivity contribution in [1.82, 2.24) is 5.32 Å². The number of nitrogens with one attached hydrogen (secondary N) is 1. The molecule has 0 aliphatic rings. The van der Waals surface area contributed by atoms with Crippen LogP contribution < -0.4 is 5.32 Å². The molecule has 96 valence electrons. The summed E-state index contributed by atoms with van der Waals surface area (Å²) in [6, 6.07) is -0.870. The van der Waals surface area contributed by atoms with Crippen molar-refractivity contribution < 1.29 is 27.8 Å². The summed E-state index contributed by atoms with van der Waals surface area (Å²) in [7, 11) is 0. The summed E-state index contributed by atoms with van der Waals surface area (Å²) in [4.78, 5) is 10.6. The van der Waals surface area contributed by atoms with E-state index >= 15 is 0 Å². The molecule has 0 rings (SSSR count). The quantitative estimate of drug-likeness (QED) is 0.709. The third-order valence-corrected chi connectivity index (χ3v) is 1.98. The first-order valence-corrected chi connectivity index (χ1v) is 4.93. The molecular formula is C9H16F3NO3. The number of carboxylic acid groups (broad SMARTS) is 1. The van der Waals surface area contributed by atoms with Gasteiger partial charge in [0.25, 0.3) is 0 Å². The van der Waals surface area contributed by atoms with Crippen LogP contribution in [0.4, 0.5) is 13.2 Å². The molecule has 0 fully saturated rings. The van der Waals surface area contributed by atoms with Gasteiger partial charge in [-0.15, -0.1) is 0 Å². The summed E-state index contributed by atoms with van der Waals surface area (Å²) in [5, 5.41) is 11.3. The first-order chi connectivity index (χ1) is 7.29. The van der Waals surface area contributed by atoms with E-state index in [0.717, 1.165) is 6.92 Å². The molecule has 0 aromatic rings. The van der Waals surface area contributed by atoms with E-state index in [-0.39, 0.29) is 13.0 Å². The van der Waals surface area contributed by atoms with E-state index in [1.165, 1.54) is 0 Å². The Bertz CT molecular complexity index is 221. The van der Waals surface area contributed by atoms with E-state index < -0.39 is 24.3 Å². The molecule has 2 unspecified atom stereocenters. The molecule has 0 aromatic carbocycles. The van der Waals surface area contributed by atoms with Gasteiger partial charge in [-0.1, -0.05) is 6.92 Å². The minimum atomic E-state index is -4.41. The van der Waals surface area contributed by atoms with Crippen LogP contribution in [0.1, 0.15) is 20.3 Å². The number of halogens is 3. The second kappa shape index (κ2) is 6.70. The maximum absolute atomic E-state index is 12.0. The molecule has 0 heterocycles. The lowest BCUT2D eigenvalue weighted by Crippen LogP contribution is -2.38. The van der Waals surface area contributed by atoms with Crippen LogP contribution in [0, 0.1) is 0 Å². The van der Waals surface area contributed by atoms with Gasteiger partial charge in [0.1, 0.15) is 6.04 Å². The molecule has 16 heavy (non-hydrogen) atoms. The molecule has 2 atom stereocenters. The van der Waals surface area contributed by atoms with Crippen molar-refractivity contribution in [3.8, 4) is 0 Å². The number of rotatable bonds is 7. The maximum Gasteiger partial charge on any atom is 0.414 e. The number of carboxylic acids is 1. The van der Waals surface area contributed by atoms with E-state index in [1.807, 2.05) is 0 Å². The zero-order valence-corrected chi connectivity index (χ0v) is 9.17. The van der Waals surface area contributed by atoms with E-state index in [2.05, 4.69) is 10.1 Å². The van der Waals surface area contributed by atoms with Gasteiger partial charge in [0.2, 0.25) is 0 Å². The highest BCUT2D eigenvalue weighted by Gasteiger charge is 2.36. The molecule has 0 saturated carbocycles. The van der Waals surface area contributed by atoms with Crippen LogP contribution in [0.25, 0.3) is 0 Å². The number of likely N-dealkylation sites (N-methyl/N-ethyl adjacent to an activating group) is 1. The van der Waals surface area contributed by atoms with Gasteiger partial charge in [0, 0.05) is 6.61 Å². The van der Waals surface area contributed by atoms with Crippen molar-refractivity contribution in [2.75, 3.05) is 13.2 Å². The lowest BCUT2D eigenvalue weighted by molar-refractivity contribution is -0.214. The van der Waals surface area contributed by atoms with Crippen molar-refractivity contribution in [3.05, 3.63) is 0 Å². The van der Waals surface area contributed by atoms with Crippen LogP contribution >= 0.6 is 0 Å². The number of ether oxygens (including phenoxy) is 1. The Labute approximate surface area is 91.8 Å². The predicted molar refractivity (Wildman–Crippen MR) is 51.2 cm³/mol. The molecule has 0 aliphatic heterocycles. The van der Waals surface area contributed by atoms with Crippen molar-refractivity contribution in [1.29, 1.82) is 0 Å². The molecule has 0 aromatic heterocycles. The van der Waals surface area contributed by atoms with Gasteiger partial charge in [-0.25, -0.2) is 0 Å². The zero-order chi connectivity index (χ0) is 12.8. The Morgan fingerprint density at radius 2 is 2.06 bits per heavy atom. The predicted octanol–water partition coefficient (Wildman–Crippen LogP) is 1.41. The van der Waals surface area contributed by atoms with Gasteiger partial charge >= 0.3 is 12.1 Å². The second-order valence-corrected chi connectivity index (χ2v) is 3.29. The van der Waals surface area contributed by atoms with Crippen LogP contribution in [0.3, 0.4) is 0 Å². The first kappa shape index (κ1) is 15.2. The van der Waals surface area contributed by atoms with E-state index in [0.29, 0.717) is 6.54 Å². The number of carbonyl (C=O) groups is 1. The van der Waals surface area contributed by atoms with Gasteiger partial charge in [0.05, 0.1) is 0 Å². The molecular weight excluding hydrogens is 227 g/mol. The topological polar surface area (TPSA) is 58.6 Å². The fraction of sp³-hybridized carbons (Fsp3) is 0.889. The molecule has 4 nitrogen and oxygen atoms in total. The van der Waals surface area contributed by atoms with Gasteiger partial charge < -0.3 is 15.2 Å². The highest BCUT2D eigenvalue weighted by molar-refractivity contribution is 5.73. The van der Waals surface area contributed by atoms with Gasteiger partial charge in [-0.2, -0.15) is 13.2 Å². The third-order valence-electron chi connectivity index (χ3n) is 1.98. The van der Waals surface area contributed by atoms with Gasteiger partial charge in [-0.05, 0) is 19.9 Å². The normalized spacial score (nSPS) is 15.8. The van der Waals surface area contributed by atoms with Crippen LogP contribution in [-0.4, -0.2) is 42.5 Å². The fourth-order valence-electron chi connectivity index (χ4n) is 1.02.